The van der Waals surface area contributed by atoms with Gasteiger partial charge in [-0.25, -0.2) is 0 Å². The molecule has 2 aromatic rings. The van der Waals surface area contributed by atoms with Crippen molar-refractivity contribution in [3.63, 3.8) is 0 Å². The van der Waals surface area contributed by atoms with Gasteiger partial charge in [0.05, 0.1) is 25.2 Å². The summed E-state index contributed by atoms with van der Waals surface area (Å²) in [6.45, 7) is 1.38. The van der Waals surface area contributed by atoms with Crippen LogP contribution in [0.3, 0.4) is 0 Å². The van der Waals surface area contributed by atoms with E-state index >= 15 is 0 Å². The molecule has 0 radical (unpaired) electrons. The van der Waals surface area contributed by atoms with Crippen molar-refractivity contribution in [3.05, 3.63) is 44.6 Å². The number of nitrogens with zero attached hydrogens (tertiary/aromatic N) is 1. The van der Waals surface area contributed by atoms with Crippen LogP contribution in [0.4, 0.5) is 0 Å². The summed E-state index contributed by atoms with van der Waals surface area (Å²) in [6.07, 6.45) is 0. The Morgan fingerprint density at radius 2 is 1.96 bits per heavy atom. The van der Waals surface area contributed by atoms with E-state index in [9.17, 15) is 0 Å². The molecule has 0 aliphatic carbocycles. The molecule has 5 nitrogen and oxygen atoms in total. The third-order valence-electron chi connectivity index (χ3n) is 3.19. The first-order valence-electron chi connectivity index (χ1n) is 7.05. The second-order valence-corrected chi connectivity index (χ2v) is 6.56. The average molecular weight is 526 g/mol. The lowest BCUT2D eigenvalue weighted by Crippen LogP contribution is -2.36. The maximum atomic E-state index is 5.36. The smallest absolute Gasteiger partial charge is 0.191 e. The molecule has 0 fully saturated rings. The molecular weight excluding hydrogens is 505 g/mol. The second-order valence-electron chi connectivity index (χ2n) is 4.67. The van der Waals surface area contributed by atoms with Gasteiger partial charge in [-0.05, 0) is 45.1 Å². The quantitative estimate of drug-likeness (QED) is 0.340. The summed E-state index contributed by atoms with van der Waals surface area (Å²) >= 11 is 5.22. The van der Waals surface area contributed by atoms with Gasteiger partial charge in [-0.2, -0.15) is 0 Å². The van der Waals surface area contributed by atoms with E-state index in [4.69, 9.17) is 9.47 Å². The van der Waals surface area contributed by atoms with Gasteiger partial charge in [0.15, 0.2) is 17.5 Å². The van der Waals surface area contributed by atoms with Crippen LogP contribution >= 0.6 is 51.2 Å². The van der Waals surface area contributed by atoms with Crippen molar-refractivity contribution in [1.82, 2.24) is 10.6 Å². The van der Waals surface area contributed by atoms with Crippen LogP contribution < -0.4 is 20.1 Å². The summed E-state index contributed by atoms with van der Waals surface area (Å²) < 4.78 is 11.5. The highest BCUT2D eigenvalue weighted by Crippen LogP contribution is 2.36. The number of thiophene rings is 1. The molecular formula is C16H21BrIN3O2S. The predicted octanol–water partition coefficient (Wildman–Crippen LogP) is 4.01. The molecule has 2 N–H and O–H groups in total. The van der Waals surface area contributed by atoms with Crippen LogP contribution in [0.25, 0.3) is 0 Å². The van der Waals surface area contributed by atoms with Crippen molar-refractivity contribution in [3.8, 4) is 11.5 Å². The average Bonchev–Trinajstić information content (AvgIpc) is 3.07. The molecule has 0 bridgehead atoms. The summed E-state index contributed by atoms with van der Waals surface area (Å²) in [5.41, 5.74) is 1.06. The fourth-order valence-corrected chi connectivity index (χ4v) is 3.36. The highest BCUT2D eigenvalue weighted by atomic mass is 127. The fourth-order valence-electron chi connectivity index (χ4n) is 2.06. The third-order valence-corrected chi connectivity index (χ3v) is 4.65. The Hall–Kier alpha value is -1.000. The van der Waals surface area contributed by atoms with Gasteiger partial charge in [-0.1, -0.05) is 6.07 Å². The van der Waals surface area contributed by atoms with E-state index < -0.39 is 0 Å². The molecule has 0 atom stereocenters. The van der Waals surface area contributed by atoms with Crippen LogP contribution in [0.2, 0.25) is 0 Å². The van der Waals surface area contributed by atoms with Crippen LogP contribution in [0.1, 0.15) is 10.4 Å². The Bertz CT molecular complexity index is 666. The number of hydrogen-bond donors (Lipinski definition) is 2. The molecule has 0 aliphatic rings. The van der Waals surface area contributed by atoms with Gasteiger partial charge in [-0.3, -0.25) is 4.99 Å². The van der Waals surface area contributed by atoms with Gasteiger partial charge in [0, 0.05) is 18.5 Å². The summed E-state index contributed by atoms with van der Waals surface area (Å²) in [5, 5.41) is 8.64. The monoisotopic (exact) mass is 525 g/mol. The Kier molecular flexibility index (Phi) is 9.45. The molecule has 0 aliphatic heterocycles. The molecule has 1 heterocycles. The van der Waals surface area contributed by atoms with Crippen LogP contribution in [0, 0.1) is 0 Å². The van der Waals surface area contributed by atoms with Gasteiger partial charge >= 0.3 is 0 Å². The number of methoxy groups -OCH3 is 2. The van der Waals surface area contributed by atoms with Gasteiger partial charge in [0.1, 0.15) is 0 Å². The van der Waals surface area contributed by atoms with Crippen LogP contribution in [-0.2, 0) is 13.1 Å². The van der Waals surface area contributed by atoms with Crippen LogP contribution in [0.5, 0.6) is 11.5 Å². The van der Waals surface area contributed by atoms with Crippen molar-refractivity contribution < 1.29 is 9.47 Å². The number of benzene rings is 1. The molecule has 24 heavy (non-hydrogen) atoms. The minimum absolute atomic E-state index is 0. The van der Waals surface area contributed by atoms with Crippen LogP contribution in [0.15, 0.2) is 39.1 Å². The van der Waals surface area contributed by atoms with E-state index in [1.54, 1.807) is 32.6 Å². The number of ether oxygens (including phenoxy) is 2. The maximum Gasteiger partial charge on any atom is 0.191 e. The zero-order valence-electron chi connectivity index (χ0n) is 13.8. The molecule has 132 valence electrons. The first kappa shape index (κ1) is 21.0. The molecule has 8 heteroatoms. The zero-order valence-corrected chi connectivity index (χ0v) is 18.5. The maximum absolute atomic E-state index is 5.36. The van der Waals surface area contributed by atoms with E-state index in [1.807, 2.05) is 18.2 Å². The number of aliphatic imine (C=N–C) groups is 1. The van der Waals surface area contributed by atoms with Crippen LogP contribution in [-0.4, -0.2) is 27.2 Å². The van der Waals surface area contributed by atoms with E-state index in [0.29, 0.717) is 18.0 Å². The molecule has 2 rings (SSSR count). The standard InChI is InChI=1S/C16H20BrN3O2S.HI/c1-18-16(20-10-12-5-4-6-23-12)19-9-11-7-13(17)15(22-3)14(8-11)21-2;/h4-8H,9-10H2,1-3H3,(H2,18,19,20);1H. The summed E-state index contributed by atoms with van der Waals surface area (Å²) in [4.78, 5) is 5.50. The molecule has 0 saturated heterocycles. The van der Waals surface area contributed by atoms with Gasteiger partial charge in [0.25, 0.3) is 0 Å². The lowest BCUT2D eigenvalue weighted by molar-refractivity contribution is 0.352. The van der Waals surface area contributed by atoms with Gasteiger partial charge in [-0.15, -0.1) is 35.3 Å². The molecule has 1 aromatic heterocycles. The Morgan fingerprint density at radius 1 is 1.21 bits per heavy atom. The summed E-state index contributed by atoms with van der Waals surface area (Å²) in [7, 11) is 5.01. The number of halogens is 2. The normalized spacial score (nSPS) is 10.8. The summed E-state index contributed by atoms with van der Waals surface area (Å²) in [6, 6.07) is 8.08. The Morgan fingerprint density at radius 3 is 2.54 bits per heavy atom. The van der Waals surface area contributed by atoms with Crippen molar-refractivity contribution >= 4 is 57.2 Å². The molecule has 0 amide bonds. The molecule has 0 spiro atoms. The van der Waals surface area contributed by atoms with Crippen molar-refractivity contribution in [2.75, 3.05) is 21.3 Å². The lowest BCUT2D eigenvalue weighted by Gasteiger charge is -2.14. The largest absolute Gasteiger partial charge is 0.493 e. The molecule has 0 unspecified atom stereocenters. The molecule has 1 aromatic carbocycles. The van der Waals surface area contributed by atoms with Crippen molar-refractivity contribution in [1.29, 1.82) is 0 Å². The van der Waals surface area contributed by atoms with E-state index in [1.165, 1.54) is 4.88 Å². The number of rotatable bonds is 6. The minimum Gasteiger partial charge on any atom is -0.493 e. The Balaban J connectivity index is 0.00000288. The van der Waals surface area contributed by atoms with E-state index in [2.05, 4.69) is 43.0 Å². The second kappa shape index (κ2) is 10.8. The van der Waals surface area contributed by atoms with E-state index in [0.717, 1.165) is 22.5 Å². The highest BCUT2D eigenvalue weighted by Gasteiger charge is 2.10. The third kappa shape index (κ3) is 5.82. The zero-order chi connectivity index (χ0) is 16.7. The van der Waals surface area contributed by atoms with Gasteiger partial charge in [0.2, 0.25) is 0 Å². The fraction of sp³-hybridized carbons (Fsp3) is 0.312. The predicted molar refractivity (Wildman–Crippen MR) is 114 cm³/mol. The highest BCUT2D eigenvalue weighted by molar-refractivity contribution is 14.0. The summed E-state index contributed by atoms with van der Waals surface area (Å²) in [5.74, 6) is 2.14. The van der Waals surface area contributed by atoms with Crippen molar-refractivity contribution in [2.45, 2.75) is 13.1 Å². The minimum atomic E-state index is 0. The van der Waals surface area contributed by atoms with E-state index in [-0.39, 0.29) is 24.0 Å². The lowest BCUT2D eigenvalue weighted by atomic mass is 10.2. The topological polar surface area (TPSA) is 54.9 Å². The SMILES string of the molecule is CN=C(NCc1cc(Br)c(OC)c(OC)c1)NCc1cccs1.I. The first-order chi connectivity index (χ1) is 11.2. The molecule has 0 saturated carbocycles. The van der Waals surface area contributed by atoms with Gasteiger partial charge < -0.3 is 20.1 Å². The number of guanidine groups is 1. The number of nitrogens with one attached hydrogen (secondary N) is 2. The Labute approximate surface area is 172 Å². The first-order valence-corrected chi connectivity index (χ1v) is 8.72. The van der Waals surface area contributed by atoms with Crippen molar-refractivity contribution in [2.24, 2.45) is 4.99 Å². The number of hydrogen-bond acceptors (Lipinski definition) is 4.